The standard InChI is InChI=1S/C12H7Cl2FN2O2/c13-6-3-5(1-2-7(6)15)9-4-8(16)10(14)11(17-9)12(18)19/h1-4H,(H2,16,17)(H,18,19). The first-order valence-corrected chi connectivity index (χ1v) is 5.80. The van der Waals surface area contributed by atoms with E-state index >= 15 is 0 Å². The van der Waals surface area contributed by atoms with Crippen LogP contribution in [0, 0.1) is 5.82 Å². The van der Waals surface area contributed by atoms with Crippen LogP contribution in [0.1, 0.15) is 10.5 Å². The highest BCUT2D eigenvalue weighted by molar-refractivity contribution is 6.35. The lowest BCUT2D eigenvalue weighted by atomic mass is 10.1. The van der Waals surface area contributed by atoms with Gasteiger partial charge in [-0.1, -0.05) is 23.2 Å². The van der Waals surface area contributed by atoms with Crippen molar-refractivity contribution in [2.24, 2.45) is 0 Å². The number of aromatic carboxylic acids is 1. The number of halogens is 3. The van der Waals surface area contributed by atoms with Crippen LogP contribution in [0.5, 0.6) is 0 Å². The number of nitrogens with zero attached hydrogens (tertiary/aromatic N) is 1. The van der Waals surface area contributed by atoms with Crippen LogP contribution in [0.15, 0.2) is 24.3 Å². The molecule has 0 unspecified atom stereocenters. The third-order valence-corrected chi connectivity index (χ3v) is 3.09. The van der Waals surface area contributed by atoms with Gasteiger partial charge in [0.25, 0.3) is 0 Å². The van der Waals surface area contributed by atoms with Crippen LogP contribution in [0.25, 0.3) is 11.3 Å². The maximum Gasteiger partial charge on any atom is 0.356 e. The van der Waals surface area contributed by atoms with Crippen molar-refractivity contribution in [2.45, 2.75) is 0 Å². The van der Waals surface area contributed by atoms with Crippen LogP contribution in [-0.4, -0.2) is 16.1 Å². The largest absolute Gasteiger partial charge is 0.476 e. The Bertz CT molecular complexity index is 677. The van der Waals surface area contributed by atoms with Gasteiger partial charge in [-0.2, -0.15) is 0 Å². The van der Waals surface area contributed by atoms with Crippen molar-refractivity contribution < 1.29 is 14.3 Å². The Morgan fingerprint density at radius 1 is 1.32 bits per heavy atom. The number of anilines is 1. The molecule has 0 amide bonds. The second kappa shape index (κ2) is 5.03. The molecular formula is C12H7Cl2FN2O2. The molecular weight excluding hydrogens is 294 g/mol. The highest BCUT2D eigenvalue weighted by Gasteiger charge is 2.16. The van der Waals surface area contributed by atoms with Gasteiger partial charge in [0.15, 0.2) is 5.69 Å². The molecule has 2 rings (SSSR count). The Morgan fingerprint density at radius 2 is 2.00 bits per heavy atom. The number of hydrogen-bond acceptors (Lipinski definition) is 3. The molecule has 0 aliphatic carbocycles. The summed E-state index contributed by atoms with van der Waals surface area (Å²) >= 11 is 11.4. The highest BCUT2D eigenvalue weighted by atomic mass is 35.5. The Morgan fingerprint density at radius 3 is 2.58 bits per heavy atom. The van der Waals surface area contributed by atoms with Crippen molar-refractivity contribution in [1.29, 1.82) is 0 Å². The maximum atomic E-state index is 13.1. The molecule has 0 atom stereocenters. The third kappa shape index (κ3) is 2.62. The smallest absolute Gasteiger partial charge is 0.356 e. The van der Waals surface area contributed by atoms with Crippen molar-refractivity contribution in [3.63, 3.8) is 0 Å². The molecule has 7 heteroatoms. The normalized spacial score (nSPS) is 10.5. The average molecular weight is 301 g/mol. The molecule has 98 valence electrons. The maximum absolute atomic E-state index is 13.1. The fourth-order valence-electron chi connectivity index (χ4n) is 1.49. The van der Waals surface area contributed by atoms with Crippen molar-refractivity contribution in [3.05, 3.63) is 45.8 Å². The van der Waals surface area contributed by atoms with E-state index < -0.39 is 11.8 Å². The summed E-state index contributed by atoms with van der Waals surface area (Å²) in [6.07, 6.45) is 0. The number of nitrogens with two attached hydrogens (primary N) is 1. The van der Waals surface area contributed by atoms with E-state index in [0.717, 1.165) is 6.07 Å². The molecule has 0 bridgehead atoms. The Balaban J connectivity index is 2.62. The van der Waals surface area contributed by atoms with E-state index in [-0.39, 0.29) is 27.1 Å². The zero-order chi connectivity index (χ0) is 14.2. The Hall–Kier alpha value is -1.85. The molecule has 0 fully saturated rings. The second-order valence-corrected chi connectivity index (χ2v) is 4.48. The number of pyridine rings is 1. The molecule has 1 heterocycles. The predicted octanol–water partition coefficient (Wildman–Crippen LogP) is 3.47. The van der Waals surface area contributed by atoms with Crippen molar-refractivity contribution in [3.8, 4) is 11.3 Å². The zero-order valence-electron chi connectivity index (χ0n) is 9.32. The van der Waals surface area contributed by atoms with E-state index in [1.54, 1.807) is 0 Å². The van der Waals surface area contributed by atoms with Gasteiger partial charge in [-0.3, -0.25) is 0 Å². The molecule has 0 saturated heterocycles. The van der Waals surface area contributed by atoms with Gasteiger partial charge in [-0.25, -0.2) is 14.2 Å². The summed E-state index contributed by atoms with van der Waals surface area (Å²) in [5.41, 5.74) is 6.03. The van der Waals surface area contributed by atoms with Crippen LogP contribution < -0.4 is 5.73 Å². The van der Waals surface area contributed by atoms with Gasteiger partial charge in [0, 0.05) is 5.56 Å². The first kappa shape index (κ1) is 13.6. The van der Waals surface area contributed by atoms with Gasteiger partial charge in [-0.15, -0.1) is 0 Å². The van der Waals surface area contributed by atoms with E-state index in [2.05, 4.69) is 4.98 Å². The summed E-state index contributed by atoms with van der Waals surface area (Å²) in [4.78, 5) is 14.9. The summed E-state index contributed by atoms with van der Waals surface area (Å²) in [7, 11) is 0. The van der Waals surface area contributed by atoms with E-state index in [9.17, 15) is 9.18 Å². The Kier molecular flexibility index (Phi) is 3.59. The average Bonchev–Trinajstić information content (AvgIpc) is 2.35. The molecule has 4 nitrogen and oxygen atoms in total. The van der Waals surface area contributed by atoms with Crippen LogP contribution >= 0.6 is 23.2 Å². The first-order chi connectivity index (χ1) is 8.90. The molecule has 1 aromatic carbocycles. The van der Waals surface area contributed by atoms with Crippen molar-refractivity contribution >= 4 is 34.9 Å². The van der Waals surface area contributed by atoms with Gasteiger partial charge >= 0.3 is 5.97 Å². The SMILES string of the molecule is Nc1cc(-c2ccc(F)c(Cl)c2)nc(C(=O)O)c1Cl. The second-order valence-electron chi connectivity index (χ2n) is 3.69. The molecule has 0 aliphatic heterocycles. The summed E-state index contributed by atoms with van der Waals surface area (Å²) in [5, 5.41) is 8.74. The Labute approximate surface area is 117 Å². The van der Waals surface area contributed by atoms with Crippen LogP contribution in [-0.2, 0) is 0 Å². The molecule has 0 radical (unpaired) electrons. The van der Waals surface area contributed by atoms with Gasteiger partial charge in [-0.05, 0) is 24.3 Å². The first-order valence-electron chi connectivity index (χ1n) is 5.05. The molecule has 0 spiro atoms. The zero-order valence-corrected chi connectivity index (χ0v) is 10.8. The highest BCUT2D eigenvalue weighted by Crippen LogP contribution is 2.29. The lowest BCUT2D eigenvalue weighted by Gasteiger charge is -2.07. The molecule has 0 aliphatic rings. The minimum atomic E-state index is -1.30. The summed E-state index contributed by atoms with van der Waals surface area (Å²) in [5.74, 6) is -1.88. The summed E-state index contributed by atoms with van der Waals surface area (Å²) in [6, 6.07) is 5.31. The van der Waals surface area contributed by atoms with E-state index in [4.69, 9.17) is 34.0 Å². The van der Waals surface area contributed by atoms with Crippen molar-refractivity contribution in [1.82, 2.24) is 4.98 Å². The molecule has 19 heavy (non-hydrogen) atoms. The van der Waals surface area contributed by atoms with Crippen molar-refractivity contribution in [2.75, 3.05) is 5.73 Å². The quantitative estimate of drug-likeness (QED) is 0.890. The number of nitrogen functional groups attached to an aromatic ring is 1. The predicted molar refractivity (Wildman–Crippen MR) is 71.0 cm³/mol. The number of benzene rings is 1. The lowest BCUT2D eigenvalue weighted by Crippen LogP contribution is -2.05. The fraction of sp³-hybridized carbons (Fsp3) is 0. The summed E-state index contributed by atoms with van der Waals surface area (Å²) in [6.45, 7) is 0. The summed E-state index contributed by atoms with van der Waals surface area (Å²) < 4.78 is 13.1. The van der Waals surface area contributed by atoms with Gasteiger partial charge in [0.1, 0.15) is 5.82 Å². The van der Waals surface area contributed by atoms with Gasteiger partial charge in [0.05, 0.1) is 21.4 Å². The van der Waals surface area contributed by atoms with Crippen LogP contribution in [0.3, 0.4) is 0 Å². The number of aromatic nitrogens is 1. The van der Waals surface area contributed by atoms with E-state index in [1.807, 2.05) is 0 Å². The molecule has 2 aromatic rings. The van der Waals surface area contributed by atoms with E-state index in [0.29, 0.717) is 5.56 Å². The fourth-order valence-corrected chi connectivity index (χ4v) is 1.85. The number of hydrogen-bond donors (Lipinski definition) is 2. The number of carbonyl (C=O) groups is 1. The van der Waals surface area contributed by atoms with Crippen LogP contribution in [0.4, 0.5) is 10.1 Å². The minimum absolute atomic E-state index is 0.0736. The van der Waals surface area contributed by atoms with Crippen LogP contribution in [0.2, 0.25) is 10.0 Å². The number of carboxylic acids is 1. The van der Waals surface area contributed by atoms with Gasteiger partial charge < -0.3 is 10.8 Å². The van der Waals surface area contributed by atoms with E-state index in [1.165, 1.54) is 18.2 Å². The minimum Gasteiger partial charge on any atom is -0.476 e. The third-order valence-electron chi connectivity index (χ3n) is 2.40. The molecule has 3 N–H and O–H groups in total. The molecule has 1 aromatic heterocycles. The monoisotopic (exact) mass is 300 g/mol. The number of rotatable bonds is 2. The lowest BCUT2D eigenvalue weighted by molar-refractivity contribution is 0.0691. The topological polar surface area (TPSA) is 76.2 Å². The molecule has 0 saturated carbocycles. The van der Waals surface area contributed by atoms with Gasteiger partial charge in [0.2, 0.25) is 0 Å². The number of carboxylic acid groups (broad SMARTS) is 1.